The number of aromatic nitrogens is 1. The highest BCUT2D eigenvalue weighted by molar-refractivity contribution is 7.15. The zero-order chi connectivity index (χ0) is 23.2. The zero-order valence-corrected chi connectivity index (χ0v) is 20.7. The number of anilines is 1. The molecule has 2 fully saturated rings. The number of nitrogens with zero attached hydrogens (tertiary/aromatic N) is 2. The van der Waals surface area contributed by atoms with Crippen molar-refractivity contribution in [2.75, 3.05) is 32.4 Å². The molecule has 8 heteroatoms. The number of ether oxygens (including phenoxy) is 3. The molecular formula is C25H33N3O4S. The Morgan fingerprint density at radius 1 is 1.33 bits per heavy atom. The summed E-state index contributed by atoms with van der Waals surface area (Å²) in [6.45, 7) is 8.86. The minimum Gasteiger partial charge on any atom is -0.454 e. The summed E-state index contributed by atoms with van der Waals surface area (Å²) < 4.78 is 16.4. The highest BCUT2D eigenvalue weighted by atomic mass is 32.1. The number of benzene rings is 1. The molecule has 3 aliphatic rings. The molecule has 1 saturated carbocycles. The van der Waals surface area contributed by atoms with Crippen molar-refractivity contribution in [3.05, 3.63) is 34.8 Å². The fraction of sp³-hybridized carbons (Fsp3) is 0.600. The Kier molecular flexibility index (Phi) is 5.87. The van der Waals surface area contributed by atoms with Gasteiger partial charge in [0.05, 0.1) is 18.1 Å². The van der Waals surface area contributed by atoms with Crippen LogP contribution in [-0.4, -0.2) is 48.9 Å². The number of fused-ring (bicyclic) bond motifs is 1. The van der Waals surface area contributed by atoms with Gasteiger partial charge in [-0.3, -0.25) is 9.69 Å². The monoisotopic (exact) mass is 471 g/mol. The van der Waals surface area contributed by atoms with Crippen molar-refractivity contribution in [3.8, 4) is 11.5 Å². The van der Waals surface area contributed by atoms with Crippen LogP contribution in [0.25, 0.3) is 0 Å². The van der Waals surface area contributed by atoms with Gasteiger partial charge in [0.25, 0.3) is 0 Å². The van der Waals surface area contributed by atoms with E-state index in [1.54, 1.807) is 18.4 Å². The van der Waals surface area contributed by atoms with Crippen molar-refractivity contribution >= 4 is 22.4 Å². The number of likely N-dealkylation sites (tertiary alicyclic amines) is 1. The van der Waals surface area contributed by atoms with E-state index < -0.39 is 5.41 Å². The van der Waals surface area contributed by atoms with Crippen LogP contribution in [0, 0.1) is 5.41 Å². The topological polar surface area (TPSA) is 72.9 Å². The molecule has 1 saturated heterocycles. The number of amides is 1. The second kappa shape index (κ2) is 8.56. The van der Waals surface area contributed by atoms with Gasteiger partial charge in [-0.15, -0.1) is 11.3 Å². The number of hydrogen-bond donors (Lipinski definition) is 1. The van der Waals surface area contributed by atoms with Gasteiger partial charge >= 0.3 is 0 Å². The van der Waals surface area contributed by atoms with Crippen LogP contribution in [0.15, 0.2) is 24.4 Å². The summed E-state index contributed by atoms with van der Waals surface area (Å²) in [5, 5.41) is 3.78. The molecule has 0 spiro atoms. The van der Waals surface area contributed by atoms with Gasteiger partial charge in [0.2, 0.25) is 12.7 Å². The first-order valence-electron chi connectivity index (χ1n) is 11.7. The first-order chi connectivity index (χ1) is 15.8. The molecule has 1 N–H and O–H groups in total. The number of rotatable bonds is 7. The highest BCUT2D eigenvalue weighted by Gasteiger charge is 2.52. The summed E-state index contributed by atoms with van der Waals surface area (Å²) >= 11 is 1.59. The SMILES string of the molecule is COCC1CCCN1C(c1cnc(NC(=O)C2(c3ccc4c(c3)OCO4)CC2)s1)C(C)(C)C. The van der Waals surface area contributed by atoms with E-state index in [0.717, 1.165) is 43.7 Å². The zero-order valence-electron chi connectivity index (χ0n) is 19.8. The normalized spacial score (nSPS) is 22.4. The van der Waals surface area contributed by atoms with E-state index in [1.807, 2.05) is 24.4 Å². The molecule has 1 amide bonds. The summed E-state index contributed by atoms with van der Waals surface area (Å²) in [6.07, 6.45) is 5.93. The molecule has 2 aromatic rings. The van der Waals surface area contributed by atoms with Crippen LogP contribution in [0.1, 0.15) is 62.9 Å². The average Bonchev–Trinajstić information content (AvgIpc) is 3.07. The predicted molar refractivity (Wildman–Crippen MR) is 128 cm³/mol. The van der Waals surface area contributed by atoms with Gasteiger partial charge in [0, 0.05) is 24.2 Å². The number of thiazole rings is 1. The fourth-order valence-corrected chi connectivity index (χ4v) is 6.49. The second-order valence-corrected chi connectivity index (χ2v) is 11.5. The van der Waals surface area contributed by atoms with Crippen molar-refractivity contribution in [1.29, 1.82) is 0 Å². The maximum Gasteiger partial charge on any atom is 0.236 e. The fourth-order valence-electron chi connectivity index (χ4n) is 5.31. The Morgan fingerprint density at radius 3 is 2.85 bits per heavy atom. The molecule has 1 aromatic heterocycles. The number of nitrogens with one attached hydrogen (secondary N) is 1. The first-order valence-corrected chi connectivity index (χ1v) is 12.6. The Labute approximate surface area is 199 Å². The van der Waals surface area contributed by atoms with Crippen molar-refractivity contribution < 1.29 is 19.0 Å². The van der Waals surface area contributed by atoms with E-state index in [4.69, 9.17) is 14.2 Å². The molecule has 2 unspecified atom stereocenters. The van der Waals surface area contributed by atoms with Crippen molar-refractivity contribution in [2.45, 2.75) is 64.0 Å². The number of carbonyl (C=O) groups excluding carboxylic acids is 1. The Hall–Kier alpha value is -2.16. The minimum atomic E-state index is -0.505. The molecule has 0 radical (unpaired) electrons. The first kappa shape index (κ1) is 22.6. The molecule has 7 nitrogen and oxygen atoms in total. The standard InChI is InChI=1S/C25H33N3O4S/c1-24(2,3)21(28-11-5-6-17(28)14-30-4)20-13-26-23(33-20)27-22(29)25(9-10-25)16-7-8-18-19(12-16)32-15-31-18/h7-8,12-13,17,21H,5-6,9-11,14-15H2,1-4H3,(H,26,27,29). The summed E-state index contributed by atoms with van der Waals surface area (Å²) in [6, 6.07) is 6.47. The van der Waals surface area contributed by atoms with E-state index in [0.29, 0.717) is 16.9 Å². The molecule has 2 aliphatic heterocycles. The van der Waals surface area contributed by atoms with Gasteiger partial charge < -0.3 is 19.5 Å². The quantitative estimate of drug-likeness (QED) is 0.629. The summed E-state index contributed by atoms with van der Waals surface area (Å²) in [5.41, 5.74) is 0.511. The molecule has 1 aromatic carbocycles. The number of methoxy groups -OCH3 is 1. The van der Waals surface area contributed by atoms with Gasteiger partial charge in [0.1, 0.15) is 0 Å². The number of hydrogen-bond acceptors (Lipinski definition) is 7. The highest BCUT2D eigenvalue weighted by Crippen LogP contribution is 2.51. The van der Waals surface area contributed by atoms with Crippen molar-refractivity contribution in [1.82, 2.24) is 9.88 Å². The van der Waals surface area contributed by atoms with E-state index in [1.165, 1.54) is 11.3 Å². The summed E-state index contributed by atoms with van der Waals surface area (Å²) in [5.74, 6) is 1.46. The third-order valence-electron chi connectivity index (χ3n) is 7.06. The van der Waals surface area contributed by atoms with E-state index in [-0.39, 0.29) is 24.2 Å². The van der Waals surface area contributed by atoms with Crippen LogP contribution in [0.2, 0.25) is 0 Å². The van der Waals surface area contributed by atoms with Gasteiger partial charge in [-0.25, -0.2) is 4.98 Å². The minimum absolute atomic E-state index is 0.00741. The van der Waals surface area contributed by atoms with Crippen LogP contribution in [0.3, 0.4) is 0 Å². The Morgan fingerprint density at radius 2 is 2.12 bits per heavy atom. The van der Waals surface area contributed by atoms with E-state index in [2.05, 4.69) is 36.0 Å². The van der Waals surface area contributed by atoms with E-state index >= 15 is 0 Å². The van der Waals surface area contributed by atoms with Crippen LogP contribution in [-0.2, 0) is 14.9 Å². The van der Waals surface area contributed by atoms with Crippen molar-refractivity contribution in [2.24, 2.45) is 5.41 Å². The van der Waals surface area contributed by atoms with Gasteiger partial charge in [-0.05, 0) is 55.3 Å². The maximum absolute atomic E-state index is 13.3. The van der Waals surface area contributed by atoms with Crippen LogP contribution in [0.5, 0.6) is 11.5 Å². The van der Waals surface area contributed by atoms with Crippen LogP contribution in [0.4, 0.5) is 5.13 Å². The van der Waals surface area contributed by atoms with Crippen molar-refractivity contribution in [3.63, 3.8) is 0 Å². The predicted octanol–water partition coefficient (Wildman–Crippen LogP) is 4.74. The summed E-state index contributed by atoms with van der Waals surface area (Å²) in [4.78, 5) is 21.7. The molecule has 2 atom stereocenters. The lowest BCUT2D eigenvalue weighted by Crippen LogP contribution is -2.41. The Bertz CT molecular complexity index is 1030. The average molecular weight is 472 g/mol. The lowest BCUT2D eigenvalue weighted by atomic mass is 9.84. The lowest BCUT2D eigenvalue weighted by Gasteiger charge is -2.40. The molecule has 5 rings (SSSR count). The van der Waals surface area contributed by atoms with Gasteiger partial charge in [-0.2, -0.15) is 0 Å². The molecule has 3 heterocycles. The smallest absolute Gasteiger partial charge is 0.236 e. The third kappa shape index (κ3) is 4.24. The van der Waals surface area contributed by atoms with Gasteiger partial charge in [-0.1, -0.05) is 26.8 Å². The van der Waals surface area contributed by atoms with Crippen LogP contribution < -0.4 is 14.8 Å². The van der Waals surface area contributed by atoms with Gasteiger partial charge in [0.15, 0.2) is 16.6 Å². The Balaban J connectivity index is 1.34. The van der Waals surface area contributed by atoms with Crippen LogP contribution >= 0.6 is 11.3 Å². The number of carbonyl (C=O) groups is 1. The van der Waals surface area contributed by atoms with E-state index in [9.17, 15) is 4.79 Å². The third-order valence-corrected chi connectivity index (χ3v) is 8.02. The second-order valence-electron chi connectivity index (χ2n) is 10.4. The maximum atomic E-state index is 13.3. The molecule has 0 bridgehead atoms. The summed E-state index contributed by atoms with van der Waals surface area (Å²) in [7, 11) is 1.77. The molecule has 1 aliphatic carbocycles. The molecule has 33 heavy (non-hydrogen) atoms. The largest absolute Gasteiger partial charge is 0.454 e. The molecular weight excluding hydrogens is 438 g/mol. The molecule has 178 valence electrons. The lowest BCUT2D eigenvalue weighted by molar-refractivity contribution is -0.118.